The van der Waals surface area contributed by atoms with E-state index in [2.05, 4.69) is 0 Å². The molecule has 2 fully saturated rings. The Labute approximate surface area is 122 Å². The monoisotopic (exact) mass is 287 g/mol. The minimum atomic E-state index is -1.03. The van der Waals surface area contributed by atoms with Gasteiger partial charge in [0, 0.05) is 12.8 Å². The molecule has 1 saturated carbocycles. The molecule has 5 nitrogen and oxygen atoms in total. The molecule has 0 bridgehead atoms. The molecule has 0 atom stereocenters. The number of imide groups is 1. The third kappa shape index (κ3) is 2.44. The maximum atomic E-state index is 12.4. The Kier molecular flexibility index (Phi) is 3.27. The van der Waals surface area contributed by atoms with Crippen LogP contribution in [0.4, 0.5) is 5.69 Å². The van der Waals surface area contributed by atoms with Gasteiger partial charge in [0.25, 0.3) is 0 Å². The molecule has 1 aliphatic heterocycles. The average molecular weight is 287 g/mol. The number of carbonyl (C=O) groups is 3. The zero-order valence-electron chi connectivity index (χ0n) is 11.7. The van der Waals surface area contributed by atoms with E-state index in [4.69, 9.17) is 5.11 Å². The van der Waals surface area contributed by atoms with Crippen LogP contribution in [0.2, 0.25) is 0 Å². The summed E-state index contributed by atoms with van der Waals surface area (Å²) in [6, 6.07) is 5.87. The molecule has 21 heavy (non-hydrogen) atoms. The van der Waals surface area contributed by atoms with Gasteiger partial charge in [-0.1, -0.05) is 12.8 Å². The van der Waals surface area contributed by atoms with E-state index >= 15 is 0 Å². The molecule has 1 aromatic rings. The van der Waals surface area contributed by atoms with Crippen LogP contribution < -0.4 is 4.90 Å². The fourth-order valence-electron chi connectivity index (χ4n) is 3.52. The second kappa shape index (κ2) is 4.98. The van der Waals surface area contributed by atoms with Gasteiger partial charge in [-0.25, -0.2) is 4.79 Å². The molecule has 1 N–H and O–H groups in total. The van der Waals surface area contributed by atoms with Gasteiger partial charge in [-0.05, 0) is 42.5 Å². The zero-order chi connectivity index (χ0) is 15.0. The number of nitrogens with zero attached hydrogens (tertiary/aromatic N) is 1. The maximum absolute atomic E-state index is 12.4. The summed E-state index contributed by atoms with van der Waals surface area (Å²) in [6.45, 7) is 0. The second-order valence-corrected chi connectivity index (χ2v) is 6.04. The topological polar surface area (TPSA) is 74.7 Å². The zero-order valence-corrected chi connectivity index (χ0v) is 11.7. The van der Waals surface area contributed by atoms with E-state index < -0.39 is 5.97 Å². The van der Waals surface area contributed by atoms with Crippen LogP contribution in [0, 0.1) is 5.41 Å². The molecule has 5 heteroatoms. The number of anilines is 1. The van der Waals surface area contributed by atoms with Gasteiger partial charge < -0.3 is 5.11 Å². The van der Waals surface area contributed by atoms with Crippen LogP contribution in [0.1, 0.15) is 48.9 Å². The molecule has 0 aromatic heterocycles. The Bertz CT molecular complexity index is 579. The van der Waals surface area contributed by atoms with E-state index in [-0.39, 0.29) is 22.8 Å². The summed E-state index contributed by atoms with van der Waals surface area (Å²) in [4.78, 5) is 36.8. The van der Waals surface area contributed by atoms with Crippen molar-refractivity contribution in [1.82, 2.24) is 0 Å². The van der Waals surface area contributed by atoms with Crippen LogP contribution in [0.25, 0.3) is 0 Å². The van der Waals surface area contributed by atoms with Gasteiger partial charge in [-0.3, -0.25) is 14.5 Å². The van der Waals surface area contributed by atoms with Gasteiger partial charge in [0.15, 0.2) is 0 Å². The molecule has 1 heterocycles. The lowest BCUT2D eigenvalue weighted by Crippen LogP contribution is -2.47. The Balaban J connectivity index is 1.84. The quantitative estimate of drug-likeness (QED) is 0.848. The third-order valence-electron chi connectivity index (χ3n) is 4.59. The molecule has 0 radical (unpaired) electrons. The van der Waals surface area contributed by atoms with Crippen LogP contribution in [-0.2, 0) is 9.59 Å². The first kappa shape index (κ1) is 13.8. The van der Waals surface area contributed by atoms with Gasteiger partial charge in [0.05, 0.1) is 11.3 Å². The molecule has 1 spiro atoms. The molecule has 3 rings (SSSR count). The number of rotatable bonds is 2. The Morgan fingerprint density at radius 2 is 1.52 bits per heavy atom. The fourth-order valence-corrected chi connectivity index (χ4v) is 3.52. The molecule has 110 valence electrons. The SMILES string of the molecule is O=C(O)c1ccc(N2C(=O)CC3(CCCC3)CC2=O)cc1. The summed E-state index contributed by atoms with van der Waals surface area (Å²) < 4.78 is 0. The maximum Gasteiger partial charge on any atom is 0.335 e. The number of carboxylic acids is 1. The number of piperidine rings is 1. The van der Waals surface area contributed by atoms with Crippen molar-refractivity contribution in [3.63, 3.8) is 0 Å². The second-order valence-electron chi connectivity index (χ2n) is 6.04. The molecular weight excluding hydrogens is 270 g/mol. The Morgan fingerprint density at radius 3 is 2.00 bits per heavy atom. The van der Waals surface area contributed by atoms with E-state index in [0.717, 1.165) is 25.7 Å². The summed E-state index contributed by atoms with van der Waals surface area (Å²) in [6.07, 6.45) is 4.92. The number of carboxylic acid groups (broad SMARTS) is 1. The van der Waals surface area contributed by atoms with Crippen molar-refractivity contribution in [2.24, 2.45) is 5.41 Å². The fraction of sp³-hybridized carbons (Fsp3) is 0.438. The molecule has 1 aliphatic carbocycles. The summed E-state index contributed by atoms with van der Waals surface area (Å²) >= 11 is 0. The normalized spacial score (nSPS) is 21.0. The first-order valence-corrected chi connectivity index (χ1v) is 7.20. The van der Waals surface area contributed by atoms with E-state index in [1.54, 1.807) is 0 Å². The van der Waals surface area contributed by atoms with Crippen molar-refractivity contribution in [3.8, 4) is 0 Å². The smallest absolute Gasteiger partial charge is 0.335 e. The highest BCUT2D eigenvalue weighted by atomic mass is 16.4. The molecule has 1 saturated heterocycles. The Hall–Kier alpha value is -2.17. The van der Waals surface area contributed by atoms with E-state index in [9.17, 15) is 14.4 Å². The minimum Gasteiger partial charge on any atom is -0.478 e. The summed E-state index contributed by atoms with van der Waals surface area (Å²) in [5, 5.41) is 8.88. The molecule has 2 aliphatic rings. The summed E-state index contributed by atoms with van der Waals surface area (Å²) in [7, 11) is 0. The number of amides is 2. The van der Waals surface area contributed by atoms with E-state index in [1.807, 2.05) is 0 Å². The van der Waals surface area contributed by atoms with Gasteiger partial charge in [0.1, 0.15) is 0 Å². The lowest BCUT2D eigenvalue weighted by Gasteiger charge is -2.37. The highest BCUT2D eigenvalue weighted by Gasteiger charge is 2.45. The van der Waals surface area contributed by atoms with Crippen molar-refractivity contribution in [2.75, 3.05) is 4.90 Å². The molecule has 2 amide bonds. The van der Waals surface area contributed by atoms with Crippen molar-refractivity contribution >= 4 is 23.5 Å². The Morgan fingerprint density at radius 1 is 1.00 bits per heavy atom. The van der Waals surface area contributed by atoms with Gasteiger partial charge >= 0.3 is 5.97 Å². The molecule has 0 unspecified atom stereocenters. The van der Waals surface area contributed by atoms with Gasteiger partial charge in [-0.2, -0.15) is 0 Å². The van der Waals surface area contributed by atoms with E-state index in [1.165, 1.54) is 29.2 Å². The number of hydrogen-bond acceptors (Lipinski definition) is 3. The average Bonchev–Trinajstić information content (AvgIpc) is 2.86. The van der Waals surface area contributed by atoms with Gasteiger partial charge in [-0.15, -0.1) is 0 Å². The highest BCUT2D eigenvalue weighted by Crippen LogP contribution is 2.47. The highest BCUT2D eigenvalue weighted by molar-refractivity contribution is 6.17. The van der Waals surface area contributed by atoms with Crippen molar-refractivity contribution in [3.05, 3.63) is 29.8 Å². The third-order valence-corrected chi connectivity index (χ3v) is 4.59. The minimum absolute atomic E-state index is 0.119. The lowest BCUT2D eigenvalue weighted by molar-refractivity contribution is -0.133. The van der Waals surface area contributed by atoms with Crippen LogP contribution in [0.3, 0.4) is 0 Å². The molecular formula is C16H17NO4. The van der Waals surface area contributed by atoms with E-state index in [0.29, 0.717) is 18.5 Å². The number of carbonyl (C=O) groups excluding carboxylic acids is 2. The van der Waals surface area contributed by atoms with Crippen molar-refractivity contribution < 1.29 is 19.5 Å². The number of aromatic carboxylic acids is 1. The van der Waals surface area contributed by atoms with Gasteiger partial charge in [0.2, 0.25) is 11.8 Å². The summed E-state index contributed by atoms with van der Waals surface area (Å²) in [5.41, 5.74) is 0.483. The van der Waals surface area contributed by atoms with Crippen LogP contribution in [0.15, 0.2) is 24.3 Å². The first-order valence-electron chi connectivity index (χ1n) is 7.20. The predicted molar refractivity (Wildman–Crippen MR) is 76.0 cm³/mol. The predicted octanol–water partition coefficient (Wildman–Crippen LogP) is 2.60. The molecule has 1 aromatic carbocycles. The number of hydrogen-bond donors (Lipinski definition) is 1. The van der Waals surface area contributed by atoms with Crippen molar-refractivity contribution in [2.45, 2.75) is 38.5 Å². The lowest BCUT2D eigenvalue weighted by atomic mass is 9.76. The standard InChI is InChI=1S/C16H17NO4/c18-13-9-16(7-1-2-8-16)10-14(19)17(13)12-5-3-11(4-6-12)15(20)21/h3-6H,1-2,7-10H2,(H,20,21). The summed E-state index contributed by atoms with van der Waals surface area (Å²) in [5.74, 6) is -1.37. The van der Waals surface area contributed by atoms with Crippen LogP contribution in [-0.4, -0.2) is 22.9 Å². The van der Waals surface area contributed by atoms with Crippen LogP contribution in [0.5, 0.6) is 0 Å². The van der Waals surface area contributed by atoms with Crippen molar-refractivity contribution in [1.29, 1.82) is 0 Å². The number of benzene rings is 1. The largest absolute Gasteiger partial charge is 0.478 e. The first-order chi connectivity index (χ1) is 10.0. The van der Waals surface area contributed by atoms with Crippen LogP contribution >= 0.6 is 0 Å².